The average molecular weight is 291 g/mol. The summed E-state index contributed by atoms with van der Waals surface area (Å²) in [5.74, 6) is 0.761. The monoisotopic (exact) mass is 291 g/mol. The number of nitrogens with one attached hydrogen (secondary N) is 1. The number of phenolic OH excluding ortho intramolecular Hbond substituents is 1. The van der Waals surface area contributed by atoms with Crippen LogP contribution in [0.5, 0.6) is 5.75 Å². The number of amides is 1. The van der Waals surface area contributed by atoms with Crippen LogP contribution in [0.1, 0.15) is 44.6 Å². The first kappa shape index (κ1) is 15.8. The molecule has 4 nitrogen and oxygen atoms in total. The van der Waals surface area contributed by atoms with Crippen LogP contribution in [0.4, 0.5) is 0 Å². The molecular weight excluding hydrogens is 266 g/mol. The van der Waals surface area contributed by atoms with Crippen LogP contribution in [0.15, 0.2) is 24.3 Å². The molecule has 1 fully saturated rings. The van der Waals surface area contributed by atoms with Gasteiger partial charge in [0.05, 0.1) is 12.0 Å². The molecule has 0 heterocycles. The van der Waals surface area contributed by atoms with Gasteiger partial charge in [-0.05, 0) is 49.3 Å². The van der Waals surface area contributed by atoms with E-state index in [0.29, 0.717) is 12.5 Å². The molecular formula is C17H25NO3. The minimum atomic E-state index is -0.750. The number of carbonyl (C=O) groups excluding carboxylic acids is 1. The predicted molar refractivity (Wildman–Crippen MR) is 82.0 cm³/mol. The topological polar surface area (TPSA) is 69.6 Å². The zero-order valence-electron chi connectivity index (χ0n) is 12.6. The number of aromatic hydroxyl groups is 1. The van der Waals surface area contributed by atoms with E-state index in [1.807, 2.05) is 0 Å². The molecule has 0 aromatic heterocycles. The molecule has 3 N–H and O–H groups in total. The highest BCUT2D eigenvalue weighted by Gasteiger charge is 2.32. The summed E-state index contributed by atoms with van der Waals surface area (Å²) in [4.78, 5) is 11.9. The van der Waals surface area contributed by atoms with Crippen LogP contribution in [0.25, 0.3) is 0 Å². The molecule has 0 bridgehead atoms. The minimum Gasteiger partial charge on any atom is -0.508 e. The summed E-state index contributed by atoms with van der Waals surface area (Å²) in [5, 5.41) is 22.7. The largest absolute Gasteiger partial charge is 0.508 e. The van der Waals surface area contributed by atoms with E-state index < -0.39 is 5.60 Å². The van der Waals surface area contributed by atoms with Crippen molar-refractivity contribution in [2.24, 2.45) is 5.92 Å². The predicted octanol–water partition coefficient (Wildman–Crippen LogP) is 2.38. The molecule has 0 spiro atoms. The van der Waals surface area contributed by atoms with Gasteiger partial charge in [-0.2, -0.15) is 0 Å². The van der Waals surface area contributed by atoms with Crippen molar-refractivity contribution >= 4 is 5.91 Å². The maximum absolute atomic E-state index is 11.9. The number of aliphatic hydroxyl groups is 1. The van der Waals surface area contributed by atoms with Crippen LogP contribution < -0.4 is 5.32 Å². The van der Waals surface area contributed by atoms with Crippen LogP contribution >= 0.6 is 0 Å². The summed E-state index contributed by atoms with van der Waals surface area (Å²) in [6, 6.07) is 6.69. The smallest absolute Gasteiger partial charge is 0.224 e. The van der Waals surface area contributed by atoms with Gasteiger partial charge in [0.15, 0.2) is 0 Å². The molecule has 21 heavy (non-hydrogen) atoms. The Morgan fingerprint density at radius 3 is 2.71 bits per heavy atom. The molecule has 0 radical (unpaired) electrons. The van der Waals surface area contributed by atoms with E-state index in [0.717, 1.165) is 31.2 Å². The van der Waals surface area contributed by atoms with Crippen LogP contribution in [0.3, 0.4) is 0 Å². The summed E-state index contributed by atoms with van der Waals surface area (Å²) in [5.41, 5.74) is 0.0225. The van der Waals surface area contributed by atoms with Crippen molar-refractivity contribution in [3.8, 4) is 5.75 Å². The first-order valence-corrected chi connectivity index (χ1v) is 7.78. The molecule has 1 aromatic carbocycles. The zero-order valence-corrected chi connectivity index (χ0v) is 12.6. The minimum absolute atomic E-state index is 0.119. The number of hydrogen-bond donors (Lipinski definition) is 3. The van der Waals surface area contributed by atoms with E-state index in [2.05, 4.69) is 12.2 Å². The van der Waals surface area contributed by atoms with E-state index >= 15 is 0 Å². The Bertz CT molecular complexity index is 479. The highest BCUT2D eigenvalue weighted by atomic mass is 16.3. The summed E-state index contributed by atoms with van der Waals surface area (Å²) in [7, 11) is 0. The van der Waals surface area contributed by atoms with Crippen molar-refractivity contribution < 1.29 is 15.0 Å². The normalized spacial score (nSPS) is 25.5. The summed E-state index contributed by atoms with van der Waals surface area (Å²) in [6.45, 7) is 2.51. The first-order valence-electron chi connectivity index (χ1n) is 7.78. The van der Waals surface area contributed by atoms with Gasteiger partial charge in [0.2, 0.25) is 5.91 Å². The van der Waals surface area contributed by atoms with Crippen LogP contribution in [0.2, 0.25) is 0 Å². The third kappa shape index (κ3) is 4.74. The summed E-state index contributed by atoms with van der Waals surface area (Å²) >= 11 is 0. The van der Waals surface area contributed by atoms with Gasteiger partial charge in [0.25, 0.3) is 0 Å². The lowest BCUT2D eigenvalue weighted by molar-refractivity contribution is -0.122. The van der Waals surface area contributed by atoms with Crippen molar-refractivity contribution in [2.45, 2.75) is 51.0 Å². The van der Waals surface area contributed by atoms with Crippen molar-refractivity contribution in [1.82, 2.24) is 5.32 Å². The second-order valence-corrected chi connectivity index (χ2v) is 6.20. The lowest BCUT2D eigenvalue weighted by atomic mass is 9.78. The Morgan fingerprint density at radius 2 is 2.10 bits per heavy atom. The van der Waals surface area contributed by atoms with Gasteiger partial charge in [-0.1, -0.05) is 25.5 Å². The molecule has 1 aliphatic carbocycles. The molecule has 2 rings (SSSR count). The number of phenols is 1. The van der Waals surface area contributed by atoms with Crippen molar-refractivity contribution in [3.05, 3.63) is 29.8 Å². The molecule has 0 aliphatic heterocycles. The standard InChI is InChI=1S/C17H25NO3/c1-2-13-6-8-17(21,9-7-13)12-18-16(20)11-14-4-3-5-15(19)10-14/h3-5,10,13,19,21H,2,6-9,11-12H2,1H3,(H,18,20). The Kier molecular flexibility index (Phi) is 5.23. The van der Waals surface area contributed by atoms with E-state index in [1.165, 1.54) is 6.42 Å². The average Bonchev–Trinajstić information content (AvgIpc) is 2.46. The van der Waals surface area contributed by atoms with Crippen molar-refractivity contribution in [3.63, 3.8) is 0 Å². The van der Waals surface area contributed by atoms with Gasteiger partial charge in [0, 0.05) is 6.54 Å². The molecule has 0 saturated heterocycles. The molecule has 0 atom stereocenters. The molecule has 1 aromatic rings. The first-order chi connectivity index (χ1) is 10.0. The molecule has 0 unspecified atom stereocenters. The Hall–Kier alpha value is -1.55. The second kappa shape index (κ2) is 6.94. The third-order valence-electron chi connectivity index (χ3n) is 4.50. The molecule has 4 heteroatoms. The third-order valence-corrected chi connectivity index (χ3v) is 4.50. The summed E-state index contributed by atoms with van der Waals surface area (Å²) in [6.07, 6.45) is 4.99. The maximum atomic E-state index is 11.9. The van der Waals surface area contributed by atoms with Gasteiger partial charge in [-0.15, -0.1) is 0 Å². The second-order valence-electron chi connectivity index (χ2n) is 6.20. The fourth-order valence-electron chi connectivity index (χ4n) is 2.98. The van der Waals surface area contributed by atoms with Crippen LogP contribution in [0, 0.1) is 5.92 Å². The van der Waals surface area contributed by atoms with E-state index in [4.69, 9.17) is 0 Å². The van der Waals surface area contributed by atoms with Gasteiger partial charge < -0.3 is 15.5 Å². The quantitative estimate of drug-likeness (QED) is 0.780. The number of rotatable bonds is 5. The number of carbonyl (C=O) groups is 1. The van der Waals surface area contributed by atoms with Crippen LogP contribution in [-0.2, 0) is 11.2 Å². The molecule has 1 amide bonds. The van der Waals surface area contributed by atoms with Crippen molar-refractivity contribution in [2.75, 3.05) is 6.54 Å². The van der Waals surface area contributed by atoms with E-state index in [-0.39, 0.29) is 18.1 Å². The number of benzene rings is 1. The van der Waals surface area contributed by atoms with E-state index in [9.17, 15) is 15.0 Å². The van der Waals surface area contributed by atoms with Gasteiger partial charge in [0.1, 0.15) is 5.75 Å². The van der Waals surface area contributed by atoms with Crippen LogP contribution in [-0.4, -0.2) is 28.3 Å². The molecule has 116 valence electrons. The maximum Gasteiger partial charge on any atom is 0.224 e. The lowest BCUT2D eigenvalue weighted by Crippen LogP contribution is -2.45. The van der Waals surface area contributed by atoms with Crippen molar-refractivity contribution in [1.29, 1.82) is 0 Å². The fourth-order valence-corrected chi connectivity index (χ4v) is 2.98. The van der Waals surface area contributed by atoms with E-state index in [1.54, 1.807) is 24.3 Å². The Balaban J connectivity index is 1.78. The summed E-state index contributed by atoms with van der Waals surface area (Å²) < 4.78 is 0. The Labute approximate surface area is 126 Å². The lowest BCUT2D eigenvalue weighted by Gasteiger charge is -2.35. The zero-order chi connectivity index (χ0) is 15.3. The van der Waals surface area contributed by atoms with Gasteiger partial charge >= 0.3 is 0 Å². The van der Waals surface area contributed by atoms with Gasteiger partial charge in [-0.3, -0.25) is 4.79 Å². The molecule has 1 aliphatic rings. The number of hydrogen-bond acceptors (Lipinski definition) is 3. The Morgan fingerprint density at radius 1 is 1.38 bits per heavy atom. The highest BCUT2D eigenvalue weighted by molar-refractivity contribution is 5.78. The van der Waals surface area contributed by atoms with Gasteiger partial charge in [-0.25, -0.2) is 0 Å². The SMILES string of the molecule is CCC1CCC(O)(CNC(=O)Cc2cccc(O)c2)CC1. The highest BCUT2D eigenvalue weighted by Crippen LogP contribution is 2.33. The molecule has 1 saturated carbocycles. The fraction of sp³-hybridized carbons (Fsp3) is 0.588.